The van der Waals surface area contributed by atoms with Crippen LogP contribution >= 0.6 is 23.4 Å². The quantitative estimate of drug-likeness (QED) is 0.556. The van der Waals surface area contributed by atoms with E-state index < -0.39 is 5.82 Å². The van der Waals surface area contributed by atoms with Crippen molar-refractivity contribution in [1.29, 1.82) is 0 Å². The molecule has 1 aliphatic heterocycles. The number of benzene rings is 1. The third-order valence-electron chi connectivity index (χ3n) is 4.64. The number of amidine groups is 1. The number of hydrogen-bond donors (Lipinski definition) is 0. The van der Waals surface area contributed by atoms with Gasteiger partial charge in [-0.2, -0.15) is 0 Å². The number of amides is 1. The first kappa shape index (κ1) is 21.7. The average Bonchev–Trinajstić information content (AvgIpc) is 3.06. The monoisotopic (exact) mass is 433 g/mol. The van der Waals surface area contributed by atoms with Gasteiger partial charge in [-0.1, -0.05) is 11.6 Å². The topological polar surface area (TPSA) is 37.6 Å². The summed E-state index contributed by atoms with van der Waals surface area (Å²) in [6, 6.07) is 6.83. The Morgan fingerprint density at radius 2 is 1.86 bits per heavy atom. The molecule has 0 saturated carbocycles. The fraction of sp³-hybridized carbons (Fsp3) is 0.364. The molecule has 154 valence electrons. The van der Waals surface area contributed by atoms with Crippen LogP contribution in [0.2, 0.25) is 5.02 Å². The van der Waals surface area contributed by atoms with Gasteiger partial charge in [-0.15, -0.1) is 0 Å². The van der Waals surface area contributed by atoms with Gasteiger partial charge in [-0.3, -0.25) is 14.7 Å². The van der Waals surface area contributed by atoms with E-state index in [4.69, 9.17) is 11.6 Å². The minimum atomic E-state index is -0.445. The van der Waals surface area contributed by atoms with E-state index in [9.17, 15) is 9.18 Å². The summed E-state index contributed by atoms with van der Waals surface area (Å²) in [5.74, 6) is -0.474. The Morgan fingerprint density at radius 3 is 2.45 bits per heavy atom. The first-order chi connectivity index (χ1) is 13.6. The zero-order valence-corrected chi connectivity index (χ0v) is 19.0. The third kappa shape index (κ3) is 4.28. The molecule has 0 bridgehead atoms. The number of nitrogens with zero attached hydrogens (tertiary/aromatic N) is 3. The molecule has 0 atom stereocenters. The zero-order chi connectivity index (χ0) is 21.5. The highest BCUT2D eigenvalue weighted by atomic mass is 35.5. The van der Waals surface area contributed by atoms with E-state index in [1.54, 1.807) is 17.0 Å². The summed E-state index contributed by atoms with van der Waals surface area (Å²) in [7, 11) is 0. The van der Waals surface area contributed by atoms with E-state index in [1.807, 2.05) is 58.3 Å². The molecule has 0 N–H and O–H groups in total. The molecule has 4 nitrogen and oxygen atoms in total. The predicted molar refractivity (Wildman–Crippen MR) is 120 cm³/mol. The molecule has 0 aliphatic carbocycles. The summed E-state index contributed by atoms with van der Waals surface area (Å²) in [6.45, 7) is 11.9. The van der Waals surface area contributed by atoms with Gasteiger partial charge in [0.15, 0.2) is 5.17 Å². The molecule has 1 amide bonds. The summed E-state index contributed by atoms with van der Waals surface area (Å²) < 4.78 is 15.6. The number of aromatic nitrogens is 1. The molecule has 1 aromatic carbocycles. The lowest BCUT2D eigenvalue weighted by Crippen LogP contribution is -2.35. The van der Waals surface area contributed by atoms with Gasteiger partial charge >= 0.3 is 0 Å². The Hall–Kier alpha value is -2.05. The first-order valence-electron chi connectivity index (χ1n) is 9.55. The minimum absolute atomic E-state index is 0.0287. The maximum absolute atomic E-state index is 13.6. The molecule has 29 heavy (non-hydrogen) atoms. The predicted octanol–water partition coefficient (Wildman–Crippen LogP) is 5.98. The summed E-state index contributed by atoms with van der Waals surface area (Å²) >= 11 is 7.38. The van der Waals surface area contributed by atoms with Crippen molar-refractivity contribution in [3.8, 4) is 5.69 Å². The highest BCUT2D eigenvalue weighted by molar-refractivity contribution is 8.18. The minimum Gasteiger partial charge on any atom is -0.318 e. The number of rotatable bonds is 4. The van der Waals surface area contributed by atoms with Crippen LogP contribution in [0.4, 0.5) is 4.39 Å². The van der Waals surface area contributed by atoms with Crippen LogP contribution in [0, 0.1) is 19.7 Å². The standard InChI is InChI=1S/C22H25ClFN3OS/c1-12(2)25-22-26(13(3)4)21(28)20(29-22)10-16-9-14(5)27(15(16)6)17-7-8-19(24)18(23)11-17/h7-13H,1-6H3/b20-10+,25-22?. The molecule has 1 fully saturated rings. The average molecular weight is 434 g/mol. The van der Waals surface area contributed by atoms with Crippen molar-refractivity contribution in [2.45, 2.75) is 53.6 Å². The Kier molecular flexibility index (Phi) is 6.24. The molecular weight excluding hydrogens is 409 g/mol. The van der Waals surface area contributed by atoms with Crippen LogP contribution in [-0.4, -0.2) is 32.6 Å². The summed E-state index contributed by atoms with van der Waals surface area (Å²) in [6.07, 6.45) is 1.91. The lowest BCUT2D eigenvalue weighted by Gasteiger charge is -2.20. The lowest BCUT2D eigenvalue weighted by atomic mass is 10.2. The largest absolute Gasteiger partial charge is 0.318 e. The van der Waals surface area contributed by atoms with E-state index in [0.717, 1.165) is 27.8 Å². The molecule has 1 aromatic heterocycles. The van der Waals surface area contributed by atoms with Crippen molar-refractivity contribution in [3.05, 3.63) is 57.0 Å². The van der Waals surface area contributed by atoms with E-state index in [-0.39, 0.29) is 23.0 Å². The van der Waals surface area contributed by atoms with Gasteiger partial charge in [0.05, 0.1) is 9.93 Å². The SMILES string of the molecule is Cc1cc(/C=C2/SC(=NC(C)C)N(C(C)C)C2=O)c(C)n1-c1ccc(F)c(Cl)c1. The highest BCUT2D eigenvalue weighted by Gasteiger charge is 2.35. The van der Waals surface area contributed by atoms with Crippen molar-refractivity contribution in [2.75, 3.05) is 0 Å². The maximum Gasteiger partial charge on any atom is 0.266 e. The molecular formula is C22H25ClFN3OS. The molecule has 0 radical (unpaired) electrons. The molecule has 0 unspecified atom stereocenters. The number of thioether (sulfide) groups is 1. The van der Waals surface area contributed by atoms with E-state index in [1.165, 1.54) is 17.8 Å². The molecule has 3 rings (SSSR count). The van der Waals surface area contributed by atoms with E-state index in [2.05, 4.69) is 4.99 Å². The normalized spacial score (nSPS) is 17.6. The summed E-state index contributed by atoms with van der Waals surface area (Å²) in [4.78, 5) is 20.0. The Morgan fingerprint density at radius 1 is 1.17 bits per heavy atom. The van der Waals surface area contributed by atoms with Gasteiger partial charge < -0.3 is 4.57 Å². The second-order valence-electron chi connectivity index (χ2n) is 7.65. The number of aryl methyl sites for hydroxylation is 1. The fourth-order valence-electron chi connectivity index (χ4n) is 3.35. The number of aliphatic imine (C=N–C) groups is 1. The second kappa shape index (κ2) is 8.36. The first-order valence-corrected chi connectivity index (χ1v) is 10.7. The Bertz CT molecular complexity index is 1020. The van der Waals surface area contributed by atoms with Gasteiger partial charge in [0.1, 0.15) is 5.82 Å². The Balaban J connectivity index is 2.03. The van der Waals surface area contributed by atoms with Crippen molar-refractivity contribution in [3.63, 3.8) is 0 Å². The van der Waals surface area contributed by atoms with Gasteiger partial charge in [-0.25, -0.2) is 4.39 Å². The maximum atomic E-state index is 13.6. The summed E-state index contributed by atoms with van der Waals surface area (Å²) in [5, 5.41) is 0.823. The van der Waals surface area contributed by atoms with Gasteiger partial charge in [0, 0.05) is 29.2 Å². The van der Waals surface area contributed by atoms with Gasteiger partial charge in [0.25, 0.3) is 5.91 Å². The zero-order valence-electron chi connectivity index (χ0n) is 17.5. The van der Waals surface area contributed by atoms with Crippen LogP contribution in [0.25, 0.3) is 11.8 Å². The number of carbonyl (C=O) groups is 1. The van der Waals surface area contributed by atoms with Crippen LogP contribution in [0.5, 0.6) is 0 Å². The molecule has 2 aromatic rings. The van der Waals surface area contributed by atoms with Gasteiger partial charge in [-0.05, 0) is 89.2 Å². The number of carbonyl (C=O) groups excluding carboxylic acids is 1. The highest BCUT2D eigenvalue weighted by Crippen LogP contribution is 2.35. The molecule has 1 saturated heterocycles. The van der Waals surface area contributed by atoms with Crippen molar-refractivity contribution in [1.82, 2.24) is 9.47 Å². The van der Waals surface area contributed by atoms with Gasteiger partial charge in [0.2, 0.25) is 0 Å². The van der Waals surface area contributed by atoms with Crippen LogP contribution in [-0.2, 0) is 4.79 Å². The van der Waals surface area contributed by atoms with Crippen LogP contribution in [0.3, 0.4) is 0 Å². The third-order valence-corrected chi connectivity index (χ3v) is 5.93. The molecule has 2 heterocycles. The Labute approximate surface area is 180 Å². The van der Waals surface area contributed by atoms with Crippen molar-refractivity contribution in [2.24, 2.45) is 4.99 Å². The lowest BCUT2D eigenvalue weighted by molar-refractivity contribution is -0.123. The van der Waals surface area contributed by atoms with Crippen LogP contribution in [0.1, 0.15) is 44.6 Å². The van der Waals surface area contributed by atoms with Crippen molar-refractivity contribution >= 4 is 40.5 Å². The fourth-order valence-corrected chi connectivity index (χ4v) is 4.75. The van der Waals surface area contributed by atoms with Crippen molar-refractivity contribution < 1.29 is 9.18 Å². The molecule has 0 spiro atoms. The van der Waals surface area contributed by atoms with Crippen LogP contribution in [0.15, 0.2) is 34.2 Å². The molecule has 7 heteroatoms. The second-order valence-corrected chi connectivity index (χ2v) is 9.06. The number of hydrogen-bond acceptors (Lipinski definition) is 3. The van der Waals surface area contributed by atoms with E-state index >= 15 is 0 Å². The molecule has 1 aliphatic rings. The number of halogens is 2. The summed E-state index contributed by atoms with van der Waals surface area (Å²) in [5.41, 5.74) is 3.65. The van der Waals surface area contributed by atoms with Crippen LogP contribution < -0.4 is 0 Å². The van der Waals surface area contributed by atoms with E-state index in [0.29, 0.717) is 4.91 Å². The smallest absolute Gasteiger partial charge is 0.266 e.